The molecule has 1 atom stereocenters. The number of rotatable bonds is 3. The number of fused-ring (bicyclic) bond motifs is 1. The minimum absolute atomic E-state index is 0.129. The Hall–Kier alpha value is -1.57. The maximum Gasteiger partial charge on any atom is 0.200 e. The van der Waals surface area contributed by atoms with Crippen LogP contribution in [0.25, 0.3) is 5.65 Å². The summed E-state index contributed by atoms with van der Waals surface area (Å²) in [4.78, 5) is 2.19. The molecule has 0 aliphatic carbocycles. The highest BCUT2D eigenvalue weighted by Crippen LogP contribution is 2.30. The fourth-order valence-electron chi connectivity index (χ4n) is 2.71. The van der Waals surface area contributed by atoms with Crippen LogP contribution in [0, 0.1) is 0 Å². The van der Waals surface area contributed by atoms with E-state index >= 15 is 0 Å². The molecule has 8 heteroatoms. The van der Waals surface area contributed by atoms with Gasteiger partial charge in [-0.1, -0.05) is 13.8 Å². The van der Waals surface area contributed by atoms with E-state index in [1.165, 1.54) is 4.63 Å². The van der Waals surface area contributed by atoms with Crippen LogP contribution in [0.5, 0.6) is 0 Å². The monoisotopic (exact) mass is 294 g/mol. The molecular formula is C12H18N6OS. The first-order chi connectivity index (χ1) is 9.68. The number of hydrogen-bond acceptors (Lipinski definition) is 6. The standard InChI is InChI=1S/C12H18N6OS/c1-3-12(4-2)9-17(7-8-20(12)19)11-6-5-10-13-15-16-18(10)14-11/h5-6H,3-4,7-9H2,1-2H3. The third-order valence-corrected chi connectivity index (χ3v) is 6.40. The molecule has 0 amide bonds. The van der Waals surface area contributed by atoms with E-state index in [2.05, 4.69) is 39.4 Å². The van der Waals surface area contributed by atoms with E-state index in [9.17, 15) is 4.21 Å². The lowest BCUT2D eigenvalue weighted by molar-refractivity contribution is 0.492. The summed E-state index contributed by atoms with van der Waals surface area (Å²) in [6.07, 6.45) is 1.83. The summed E-state index contributed by atoms with van der Waals surface area (Å²) in [6.45, 7) is 5.76. The zero-order valence-corrected chi connectivity index (χ0v) is 12.5. The molecule has 3 rings (SSSR count). The molecule has 1 saturated heterocycles. The van der Waals surface area contributed by atoms with Gasteiger partial charge in [-0.15, -0.1) is 14.8 Å². The smallest absolute Gasteiger partial charge is 0.200 e. The van der Waals surface area contributed by atoms with Gasteiger partial charge in [0, 0.05) is 29.6 Å². The second-order valence-electron chi connectivity index (χ2n) is 5.08. The van der Waals surface area contributed by atoms with Gasteiger partial charge in [0.25, 0.3) is 0 Å². The van der Waals surface area contributed by atoms with Crippen LogP contribution < -0.4 is 4.90 Å². The van der Waals surface area contributed by atoms with Gasteiger partial charge in [0.2, 0.25) is 0 Å². The molecule has 1 fully saturated rings. The van der Waals surface area contributed by atoms with Gasteiger partial charge < -0.3 is 4.90 Å². The highest BCUT2D eigenvalue weighted by Gasteiger charge is 2.39. The second kappa shape index (κ2) is 5.08. The summed E-state index contributed by atoms with van der Waals surface area (Å²) >= 11 is 0. The van der Waals surface area contributed by atoms with Crippen molar-refractivity contribution in [3.05, 3.63) is 12.1 Å². The maximum atomic E-state index is 12.4. The van der Waals surface area contributed by atoms with E-state index < -0.39 is 10.8 Å². The first kappa shape index (κ1) is 13.4. The zero-order chi connectivity index (χ0) is 14.2. The van der Waals surface area contributed by atoms with Crippen molar-refractivity contribution < 1.29 is 4.21 Å². The number of aromatic nitrogens is 5. The van der Waals surface area contributed by atoms with Crippen molar-refractivity contribution in [2.75, 3.05) is 23.7 Å². The Kier molecular flexibility index (Phi) is 3.41. The molecule has 1 aliphatic heterocycles. The minimum Gasteiger partial charge on any atom is -0.353 e. The van der Waals surface area contributed by atoms with Crippen molar-refractivity contribution in [3.63, 3.8) is 0 Å². The number of tetrazole rings is 1. The van der Waals surface area contributed by atoms with Gasteiger partial charge in [-0.2, -0.15) is 0 Å². The molecule has 0 bridgehead atoms. The summed E-state index contributed by atoms with van der Waals surface area (Å²) in [6, 6.07) is 3.78. The van der Waals surface area contributed by atoms with E-state index in [0.717, 1.165) is 31.7 Å². The predicted octanol–water partition coefficient (Wildman–Crippen LogP) is 0.647. The van der Waals surface area contributed by atoms with Crippen molar-refractivity contribution in [2.45, 2.75) is 31.4 Å². The van der Waals surface area contributed by atoms with E-state index in [1.807, 2.05) is 12.1 Å². The zero-order valence-electron chi connectivity index (χ0n) is 11.7. The van der Waals surface area contributed by atoms with E-state index in [1.54, 1.807) is 0 Å². The second-order valence-corrected chi connectivity index (χ2v) is 7.04. The lowest BCUT2D eigenvalue weighted by Gasteiger charge is -2.41. The lowest BCUT2D eigenvalue weighted by atomic mass is 10.0. The molecule has 1 aliphatic rings. The van der Waals surface area contributed by atoms with E-state index in [0.29, 0.717) is 11.4 Å². The van der Waals surface area contributed by atoms with Gasteiger partial charge >= 0.3 is 0 Å². The highest BCUT2D eigenvalue weighted by atomic mass is 32.2. The average Bonchev–Trinajstić information content (AvgIpc) is 2.95. The van der Waals surface area contributed by atoms with Crippen LogP contribution in [-0.4, -0.2) is 53.1 Å². The molecule has 2 aromatic rings. The maximum absolute atomic E-state index is 12.4. The van der Waals surface area contributed by atoms with Crippen LogP contribution >= 0.6 is 0 Å². The molecule has 2 aromatic heterocycles. The van der Waals surface area contributed by atoms with E-state index in [4.69, 9.17) is 0 Å². The molecule has 0 aromatic carbocycles. The van der Waals surface area contributed by atoms with Crippen LogP contribution in [0.4, 0.5) is 5.82 Å². The molecule has 1 unspecified atom stereocenters. The summed E-state index contributed by atoms with van der Waals surface area (Å²) in [5.41, 5.74) is 0.631. The number of hydrogen-bond donors (Lipinski definition) is 0. The van der Waals surface area contributed by atoms with Gasteiger partial charge in [-0.3, -0.25) is 4.21 Å². The molecule has 20 heavy (non-hydrogen) atoms. The Labute approximate surface area is 119 Å². The van der Waals surface area contributed by atoms with Crippen molar-refractivity contribution in [3.8, 4) is 0 Å². The number of anilines is 1. The third-order valence-electron chi connectivity index (χ3n) is 4.18. The Balaban J connectivity index is 1.91. The summed E-state index contributed by atoms with van der Waals surface area (Å²) in [5, 5.41) is 15.7. The molecule has 7 nitrogen and oxygen atoms in total. The Morgan fingerprint density at radius 3 is 2.90 bits per heavy atom. The average molecular weight is 294 g/mol. The van der Waals surface area contributed by atoms with Crippen LogP contribution in [-0.2, 0) is 10.8 Å². The van der Waals surface area contributed by atoms with Crippen LogP contribution in [0.1, 0.15) is 26.7 Å². The largest absolute Gasteiger partial charge is 0.353 e. The number of nitrogens with zero attached hydrogens (tertiary/aromatic N) is 6. The topological polar surface area (TPSA) is 76.3 Å². The minimum atomic E-state index is -0.767. The van der Waals surface area contributed by atoms with E-state index in [-0.39, 0.29) is 4.75 Å². The molecule has 0 saturated carbocycles. The fraction of sp³-hybridized carbons (Fsp3) is 0.667. The van der Waals surface area contributed by atoms with Crippen molar-refractivity contribution >= 4 is 22.3 Å². The normalized spacial score (nSPS) is 22.3. The fourth-order valence-corrected chi connectivity index (χ4v) is 4.47. The summed E-state index contributed by atoms with van der Waals surface area (Å²) in [5.74, 6) is 1.53. The van der Waals surface area contributed by atoms with Crippen molar-refractivity contribution in [1.82, 2.24) is 25.3 Å². The van der Waals surface area contributed by atoms with Gasteiger partial charge in [0.1, 0.15) is 0 Å². The summed E-state index contributed by atoms with van der Waals surface area (Å²) < 4.78 is 13.7. The van der Waals surface area contributed by atoms with Crippen LogP contribution in [0.15, 0.2) is 12.1 Å². The quantitative estimate of drug-likeness (QED) is 0.827. The Bertz CT molecular complexity index is 638. The molecule has 0 radical (unpaired) electrons. The van der Waals surface area contributed by atoms with Crippen molar-refractivity contribution in [2.24, 2.45) is 0 Å². The van der Waals surface area contributed by atoms with Gasteiger partial charge in [0.15, 0.2) is 11.5 Å². The highest BCUT2D eigenvalue weighted by molar-refractivity contribution is 7.86. The summed E-state index contributed by atoms with van der Waals surface area (Å²) in [7, 11) is -0.767. The SMILES string of the molecule is CCC1(CC)CN(c2ccc3nnnn3n2)CCS1=O. The molecule has 0 spiro atoms. The van der Waals surface area contributed by atoms with Gasteiger partial charge in [-0.25, -0.2) is 0 Å². The van der Waals surface area contributed by atoms with Crippen LogP contribution in [0.2, 0.25) is 0 Å². The Morgan fingerprint density at radius 1 is 1.35 bits per heavy atom. The Morgan fingerprint density at radius 2 is 2.15 bits per heavy atom. The van der Waals surface area contributed by atoms with Crippen molar-refractivity contribution in [1.29, 1.82) is 0 Å². The first-order valence-electron chi connectivity index (χ1n) is 6.87. The molecule has 108 valence electrons. The lowest BCUT2D eigenvalue weighted by Crippen LogP contribution is -2.53. The van der Waals surface area contributed by atoms with Gasteiger partial charge in [0.05, 0.1) is 4.75 Å². The molecular weight excluding hydrogens is 276 g/mol. The predicted molar refractivity (Wildman–Crippen MR) is 77.1 cm³/mol. The van der Waals surface area contributed by atoms with Gasteiger partial charge in [-0.05, 0) is 35.4 Å². The first-order valence-corrected chi connectivity index (χ1v) is 8.19. The molecule has 3 heterocycles. The molecule has 0 N–H and O–H groups in total. The van der Waals surface area contributed by atoms with Crippen LogP contribution in [0.3, 0.4) is 0 Å². The third kappa shape index (κ3) is 2.07.